The minimum atomic E-state index is -4.61. The van der Waals surface area contributed by atoms with Gasteiger partial charge in [0.15, 0.2) is 0 Å². The highest BCUT2D eigenvalue weighted by molar-refractivity contribution is 5.92. The van der Waals surface area contributed by atoms with Crippen LogP contribution in [0.1, 0.15) is 41.9 Å². The van der Waals surface area contributed by atoms with Crippen molar-refractivity contribution in [2.24, 2.45) is 11.3 Å². The van der Waals surface area contributed by atoms with Gasteiger partial charge in [0.1, 0.15) is 5.69 Å². The Labute approximate surface area is 196 Å². The largest absolute Gasteiger partial charge is 0.417 e. The molecule has 0 saturated carbocycles. The van der Waals surface area contributed by atoms with E-state index in [0.717, 1.165) is 6.07 Å². The highest BCUT2D eigenvalue weighted by Crippen LogP contribution is 2.45. The van der Waals surface area contributed by atoms with E-state index in [1.165, 1.54) is 6.07 Å². The molecule has 0 bridgehead atoms. The third kappa shape index (κ3) is 4.37. The van der Waals surface area contributed by atoms with Crippen molar-refractivity contribution in [2.45, 2.75) is 33.0 Å². The van der Waals surface area contributed by atoms with Crippen LogP contribution in [-0.2, 0) is 17.5 Å². The predicted octanol–water partition coefficient (Wildman–Crippen LogP) is 3.80. The SMILES string of the molecule is CCOCC12CCN(C(=O)c3ccnn3CC)CC1CN(c1ccc(C#N)c(C(F)(F)F)c1)C2. The van der Waals surface area contributed by atoms with E-state index in [1.54, 1.807) is 29.1 Å². The molecular formula is C24H28F3N5O2. The number of alkyl halides is 3. The van der Waals surface area contributed by atoms with E-state index in [9.17, 15) is 18.0 Å². The molecule has 2 unspecified atom stereocenters. The van der Waals surface area contributed by atoms with Crippen LogP contribution < -0.4 is 4.90 Å². The fourth-order valence-corrected chi connectivity index (χ4v) is 5.19. The van der Waals surface area contributed by atoms with E-state index >= 15 is 0 Å². The van der Waals surface area contributed by atoms with Gasteiger partial charge in [-0.15, -0.1) is 0 Å². The summed E-state index contributed by atoms with van der Waals surface area (Å²) in [6.07, 6.45) is -2.30. The van der Waals surface area contributed by atoms with Crippen LogP contribution in [0.25, 0.3) is 0 Å². The van der Waals surface area contributed by atoms with Gasteiger partial charge >= 0.3 is 6.18 Å². The average Bonchev–Trinajstić information content (AvgIpc) is 3.45. The number of amides is 1. The summed E-state index contributed by atoms with van der Waals surface area (Å²) in [6.45, 7) is 7.56. The quantitative estimate of drug-likeness (QED) is 0.636. The van der Waals surface area contributed by atoms with Crippen LogP contribution in [0.4, 0.5) is 18.9 Å². The van der Waals surface area contributed by atoms with Crippen molar-refractivity contribution in [1.82, 2.24) is 14.7 Å². The average molecular weight is 476 g/mol. The molecule has 2 aromatic rings. The van der Waals surface area contributed by atoms with Crippen LogP contribution in [0, 0.1) is 22.7 Å². The third-order valence-corrected chi connectivity index (χ3v) is 7.04. The smallest absolute Gasteiger partial charge is 0.381 e. The fourth-order valence-electron chi connectivity index (χ4n) is 5.19. The first kappa shape index (κ1) is 24.1. The summed E-state index contributed by atoms with van der Waals surface area (Å²) in [5.41, 5.74) is -0.605. The number of likely N-dealkylation sites (tertiary alicyclic amines) is 1. The number of hydrogen-bond acceptors (Lipinski definition) is 5. The van der Waals surface area contributed by atoms with Crippen molar-refractivity contribution in [1.29, 1.82) is 5.26 Å². The molecule has 10 heteroatoms. The molecule has 0 spiro atoms. The number of nitrogens with zero attached hydrogens (tertiary/aromatic N) is 5. The zero-order chi connectivity index (χ0) is 24.5. The Kier molecular flexibility index (Phi) is 6.58. The Bertz CT molecular complexity index is 1090. The highest BCUT2D eigenvalue weighted by Gasteiger charge is 2.51. The minimum Gasteiger partial charge on any atom is -0.381 e. The Hall–Kier alpha value is -3.06. The van der Waals surface area contributed by atoms with Gasteiger partial charge in [0, 0.05) is 62.5 Å². The number of carbonyl (C=O) groups excluding carboxylic acids is 1. The maximum Gasteiger partial charge on any atom is 0.417 e. The Balaban J connectivity index is 1.60. The monoisotopic (exact) mass is 475 g/mol. The van der Waals surface area contributed by atoms with Crippen molar-refractivity contribution < 1.29 is 22.7 Å². The summed E-state index contributed by atoms with van der Waals surface area (Å²) in [4.78, 5) is 16.9. The van der Waals surface area contributed by atoms with Crippen LogP contribution in [-0.4, -0.2) is 60.0 Å². The summed E-state index contributed by atoms with van der Waals surface area (Å²) >= 11 is 0. The third-order valence-electron chi connectivity index (χ3n) is 7.04. The Morgan fingerprint density at radius 1 is 1.29 bits per heavy atom. The van der Waals surface area contributed by atoms with Gasteiger partial charge in [0.2, 0.25) is 0 Å². The molecule has 2 fully saturated rings. The molecule has 1 aromatic heterocycles. The second-order valence-electron chi connectivity index (χ2n) is 8.95. The number of rotatable bonds is 6. The lowest BCUT2D eigenvalue weighted by atomic mass is 9.73. The van der Waals surface area contributed by atoms with E-state index < -0.39 is 11.7 Å². The van der Waals surface area contributed by atoms with Gasteiger partial charge in [0.05, 0.1) is 23.8 Å². The molecule has 7 nitrogen and oxygen atoms in total. The highest BCUT2D eigenvalue weighted by atomic mass is 19.4. The standard InChI is InChI=1S/C24H28F3N5O2/c1-3-32-21(7-9-29-32)22(33)30-10-8-23(16-34-4-2)15-31(14-18(23)13-30)19-6-5-17(12-28)20(11-19)24(25,26)27/h5-7,9,11,18H,3-4,8,10,13-16H2,1-2H3. The molecule has 3 heterocycles. The van der Waals surface area contributed by atoms with Crippen LogP contribution >= 0.6 is 0 Å². The first-order valence-electron chi connectivity index (χ1n) is 11.5. The molecular weight excluding hydrogens is 447 g/mol. The zero-order valence-electron chi connectivity index (χ0n) is 19.3. The van der Waals surface area contributed by atoms with Gasteiger partial charge < -0.3 is 14.5 Å². The molecule has 2 atom stereocenters. The van der Waals surface area contributed by atoms with Crippen LogP contribution in [0.2, 0.25) is 0 Å². The first-order valence-corrected chi connectivity index (χ1v) is 11.5. The number of aryl methyl sites for hydroxylation is 1. The molecule has 1 amide bonds. The van der Waals surface area contributed by atoms with Gasteiger partial charge in [-0.1, -0.05) is 0 Å². The number of nitriles is 1. The number of aromatic nitrogens is 2. The summed E-state index contributed by atoms with van der Waals surface area (Å²) < 4.78 is 48.1. The maximum atomic E-state index is 13.5. The van der Waals surface area contributed by atoms with Crippen molar-refractivity contribution in [3.8, 4) is 6.07 Å². The minimum absolute atomic E-state index is 0.0414. The molecule has 0 aliphatic carbocycles. The summed E-state index contributed by atoms with van der Waals surface area (Å²) in [5, 5.41) is 13.3. The second-order valence-corrected chi connectivity index (χ2v) is 8.95. The van der Waals surface area contributed by atoms with Gasteiger partial charge in [-0.3, -0.25) is 9.48 Å². The van der Waals surface area contributed by atoms with Crippen LogP contribution in [0.5, 0.6) is 0 Å². The second kappa shape index (κ2) is 9.29. The maximum absolute atomic E-state index is 13.5. The fraction of sp³-hybridized carbons (Fsp3) is 0.542. The topological polar surface area (TPSA) is 74.4 Å². The number of piperidine rings is 1. The number of benzene rings is 1. The van der Waals surface area contributed by atoms with Gasteiger partial charge in [-0.05, 0) is 44.5 Å². The molecule has 0 radical (unpaired) electrons. The number of carbonyl (C=O) groups is 1. The number of halogens is 3. The van der Waals surface area contributed by atoms with Crippen LogP contribution in [0.15, 0.2) is 30.5 Å². The van der Waals surface area contributed by atoms with Crippen molar-refractivity contribution in [3.63, 3.8) is 0 Å². The van der Waals surface area contributed by atoms with Crippen molar-refractivity contribution in [3.05, 3.63) is 47.3 Å². The summed E-state index contributed by atoms with van der Waals surface area (Å²) in [6, 6.07) is 7.22. The summed E-state index contributed by atoms with van der Waals surface area (Å²) in [7, 11) is 0. The molecule has 34 heavy (non-hydrogen) atoms. The predicted molar refractivity (Wildman–Crippen MR) is 119 cm³/mol. The molecule has 2 saturated heterocycles. The molecule has 182 valence electrons. The van der Waals surface area contributed by atoms with Crippen molar-refractivity contribution in [2.75, 3.05) is 44.3 Å². The van der Waals surface area contributed by atoms with E-state index in [4.69, 9.17) is 10.00 Å². The lowest BCUT2D eigenvalue weighted by molar-refractivity contribution is -0.137. The van der Waals surface area contributed by atoms with E-state index in [1.807, 2.05) is 23.6 Å². The van der Waals surface area contributed by atoms with Gasteiger partial charge in [-0.2, -0.15) is 23.5 Å². The first-order chi connectivity index (χ1) is 16.2. The number of anilines is 1. The van der Waals surface area contributed by atoms with E-state index in [-0.39, 0.29) is 22.8 Å². The Morgan fingerprint density at radius 3 is 2.76 bits per heavy atom. The number of ether oxygens (including phenoxy) is 1. The summed E-state index contributed by atoms with van der Waals surface area (Å²) in [5.74, 6) is -0.0414. The van der Waals surface area contributed by atoms with Gasteiger partial charge in [-0.25, -0.2) is 0 Å². The molecule has 1 aromatic carbocycles. The van der Waals surface area contributed by atoms with Crippen molar-refractivity contribution >= 4 is 11.6 Å². The lowest BCUT2D eigenvalue weighted by Gasteiger charge is -2.43. The van der Waals surface area contributed by atoms with E-state index in [2.05, 4.69) is 5.10 Å². The molecule has 2 aliphatic heterocycles. The molecule has 0 N–H and O–H groups in total. The van der Waals surface area contributed by atoms with E-state index in [0.29, 0.717) is 63.7 Å². The normalized spacial score (nSPS) is 22.5. The Morgan fingerprint density at radius 2 is 2.09 bits per heavy atom. The molecule has 2 aliphatic rings. The number of hydrogen-bond donors (Lipinski definition) is 0. The van der Waals surface area contributed by atoms with Gasteiger partial charge in [0.25, 0.3) is 5.91 Å². The molecule has 4 rings (SSSR count). The lowest BCUT2D eigenvalue weighted by Crippen LogP contribution is -2.51. The van der Waals surface area contributed by atoms with Crippen LogP contribution in [0.3, 0.4) is 0 Å². The number of fused-ring (bicyclic) bond motifs is 1. The zero-order valence-corrected chi connectivity index (χ0v) is 19.3.